The molecule has 0 radical (unpaired) electrons. The number of aryl methyl sites for hydroxylation is 1. The number of carbonyl (C=O) groups excluding carboxylic acids is 2. The number of ether oxygens (including phenoxy) is 1. The lowest BCUT2D eigenvalue weighted by atomic mass is 10.1. The summed E-state index contributed by atoms with van der Waals surface area (Å²) in [4.78, 5) is 36.5. The fourth-order valence-electron chi connectivity index (χ4n) is 2.57. The Morgan fingerprint density at radius 3 is 2.71 bits per heavy atom. The molecule has 0 unspecified atom stereocenters. The summed E-state index contributed by atoms with van der Waals surface area (Å²) in [6, 6.07) is 11.6. The molecule has 0 N–H and O–H groups in total. The molecule has 0 spiro atoms. The highest BCUT2D eigenvalue weighted by Crippen LogP contribution is 2.33. The van der Waals surface area contributed by atoms with E-state index in [2.05, 4.69) is 0 Å². The first-order valence-electron chi connectivity index (χ1n) is 8.24. The number of hydrogen-bond donors (Lipinski definition) is 0. The molecule has 0 atom stereocenters. The average Bonchev–Trinajstić information content (AvgIpc) is 2.92. The number of nitro groups is 1. The van der Waals surface area contributed by atoms with Crippen LogP contribution in [0, 0.1) is 17.0 Å². The maximum Gasteiger partial charge on any atom is 0.293 e. The first-order chi connectivity index (χ1) is 13.4. The first-order valence-corrected chi connectivity index (χ1v) is 9.44. The highest BCUT2D eigenvalue weighted by Gasteiger charge is 2.34. The molecule has 144 valence electrons. The second-order valence-corrected chi connectivity index (χ2v) is 7.32. The number of amides is 2. The van der Waals surface area contributed by atoms with Crippen LogP contribution in [0.15, 0.2) is 47.4 Å². The minimum Gasteiger partial charge on any atom is -0.490 e. The smallest absolute Gasteiger partial charge is 0.293 e. The first kappa shape index (κ1) is 19.9. The SMILES string of the molecule is Cc1ccc(/C=C2\SC(=O)N(CCOc3ccccc3Cl)C2=O)cc1[N+](=O)[O-]. The zero-order chi connectivity index (χ0) is 20.3. The number of hydrogen-bond acceptors (Lipinski definition) is 6. The van der Waals surface area contributed by atoms with E-state index in [1.807, 2.05) is 0 Å². The van der Waals surface area contributed by atoms with Crippen LogP contribution >= 0.6 is 23.4 Å². The van der Waals surface area contributed by atoms with Crippen LogP contribution in [0.1, 0.15) is 11.1 Å². The van der Waals surface area contributed by atoms with Crippen molar-refractivity contribution in [3.8, 4) is 5.75 Å². The molecule has 1 fully saturated rings. The number of halogens is 1. The third-order valence-corrected chi connectivity index (χ3v) is 5.23. The van der Waals surface area contributed by atoms with Crippen LogP contribution in [0.25, 0.3) is 6.08 Å². The van der Waals surface area contributed by atoms with Crippen molar-refractivity contribution in [3.05, 3.63) is 73.6 Å². The number of thioether (sulfide) groups is 1. The van der Waals surface area contributed by atoms with E-state index in [0.29, 0.717) is 21.9 Å². The summed E-state index contributed by atoms with van der Waals surface area (Å²) in [5.74, 6) is 0.0135. The predicted octanol–water partition coefficient (Wildman–Crippen LogP) is 4.67. The molecule has 0 aliphatic carbocycles. The minimum absolute atomic E-state index is 0.0406. The molecule has 9 heteroatoms. The summed E-state index contributed by atoms with van der Waals surface area (Å²) in [6.07, 6.45) is 1.48. The van der Waals surface area contributed by atoms with Gasteiger partial charge in [-0.3, -0.25) is 24.6 Å². The van der Waals surface area contributed by atoms with Crippen LogP contribution in [0.5, 0.6) is 5.75 Å². The Hall–Kier alpha value is -2.84. The van der Waals surface area contributed by atoms with E-state index in [9.17, 15) is 19.7 Å². The quantitative estimate of drug-likeness (QED) is 0.384. The Bertz CT molecular complexity index is 992. The molecule has 28 heavy (non-hydrogen) atoms. The second-order valence-electron chi connectivity index (χ2n) is 5.92. The van der Waals surface area contributed by atoms with E-state index in [1.54, 1.807) is 43.3 Å². The van der Waals surface area contributed by atoms with Crippen molar-refractivity contribution in [2.75, 3.05) is 13.2 Å². The van der Waals surface area contributed by atoms with Gasteiger partial charge in [0, 0.05) is 11.6 Å². The Morgan fingerprint density at radius 1 is 1.25 bits per heavy atom. The lowest BCUT2D eigenvalue weighted by Gasteiger charge is -2.13. The lowest BCUT2D eigenvalue weighted by molar-refractivity contribution is -0.385. The van der Waals surface area contributed by atoms with Crippen LogP contribution in [0.2, 0.25) is 5.02 Å². The van der Waals surface area contributed by atoms with Crippen molar-refractivity contribution in [2.24, 2.45) is 0 Å². The van der Waals surface area contributed by atoms with Crippen LogP contribution in [0.4, 0.5) is 10.5 Å². The molecule has 1 saturated heterocycles. The number of carbonyl (C=O) groups is 2. The van der Waals surface area contributed by atoms with Crippen molar-refractivity contribution in [3.63, 3.8) is 0 Å². The number of nitrogens with zero attached hydrogens (tertiary/aromatic N) is 2. The zero-order valence-electron chi connectivity index (χ0n) is 14.8. The van der Waals surface area contributed by atoms with E-state index < -0.39 is 16.1 Å². The molecule has 7 nitrogen and oxygen atoms in total. The number of imide groups is 1. The summed E-state index contributed by atoms with van der Waals surface area (Å²) < 4.78 is 5.52. The summed E-state index contributed by atoms with van der Waals surface area (Å²) in [7, 11) is 0. The highest BCUT2D eigenvalue weighted by atomic mass is 35.5. The molecule has 1 heterocycles. The van der Waals surface area contributed by atoms with Gasteiger partial charge in [-0.15, -0.1) is 0 Å². The topological polar surface area (TPSA) is 89.8 Å². The summed E-state index contributed by atoms with van der Waals surface area (Å²) in [6.45, 7) is 1.81. The third kappa shape index (κ3) is 4.35. The van der Waals surface area contributed by atoms with E-state index in [1.165, 1.54) is 12.1 Å². The van der Waals surface area contributed by atoms with Crippen molar-refractivity contribution in [1.82, 2.24) is 4.90 Å². The minimum atomic E-state index is -0.482. The summed E-state index contributed by atoms with van der Waals surface area (Å²) >= 11 is 6.79. The largest absolute Gasteiger partial charge is 0.490 e. The fourth-order valence-corrected chi connectivity index (χ4v) is 3.62. The van der Waals surface area contributed by atoms with Crippen LogP contribution in [-0.4, -0.2) is 34.1 Å². The van der Waals surface area contributed by atoms with Gasteiger partial charge < -0.3 is 4.74 Å². The molecule has 2 amide bonds. The van der Waals surface area contributed by atoms with E-state index in [4.69, 9.17) is 16.3 Å². The van der Waals surface area contributed by atoms with Crippen molar-refractivity contribution in [1.29, 1.82) is 0 Å². The lowest BCUT2D eigenvalue weighted by Crippen LogP contribution is -2.32. The Labute approximate surface area is 170 Å². The van der Waals surface area contributed by atoms with Crippen molar-refractivity contribution < 1.29 is 19.2 Å². The van der Waals surface area contributed by atoms with Gasteiger partial charge in [-0.1, -0.05) is 35.9 Å². The molecule has 0 saturated carbocycles. The number of para-hydroxylation sites is 1. The molecular weight excluding hydrogens is 404 g/mol. The fraction of sp³-hybridized carbons (Fsp3) is 0.158. The van der Waals surface area contributed by atoms with Crippen molar-refractivity contribution >= 4 is 46.3 Å². The van der Waals surface area contributed by atoms with Gasteiger partial charge in [0.1, 0.15) is 12.4 Å². The van der Waals surface area contributed by atoms with Gasteiger partial charge in [0.15, 0.2) is 0 Å². The van der Waals surface area contributed by atoms with Gasteiger partial charge in [0.2, 0.25) is 0 Å². The molecular formula is C19H15ClN2O5S. The predicted molar refractivity (Wildman–Crippen MR) is 107 cm³/mol. The van der Waals surface area contributed by atoms with Gasteiger partial charge >= 0.3 is 0 Å². The molecule has 2 aromatic rings. The average molecular weight is 419 g/mol. The third-order valence-electron chi connectivity index (χ3n) is 4.01. The molecule has 1 aliphatic heterocycles. The van der Waals surface area contributed by atoms with Gasteiger partial charge in [-0.05, 0) is 42.5 Å². The monoisotopic (exact) mass is 418 g/mol. The van der Waals surface area contributed by atoms with E-state index in [-0.39, 0.29) is 23.7 Å². The maximum atomic E-state index is 12.5. The maximum absolute atomic E-state index is 12.5. The number of nitro benzene ring substituents is 1. The normalized spacial score (nSPS) is 15.4. The molecule has 1 aliphatic rings. The summed E-state index contributed by atoms with van der Waals surface area (Å²) in [5, 5.41) is 11.1. The molecule has 0 bridgehead atoms. The number of benzene rings is 2. The van der Waals surface area contributed by atoms with Crippen molar-refractivity contribution in [2.45, 2.75) is 6.92 Å². The zero-order valence-corrected chi connectivity index (χ0v) is 16.3. The van der Waals surface area contributed by atoms with E-state index in [0.717, 1.165) is 16.7 Å². The van der Waals surface area contributed by atoms with Gasteiger partial charge in [0.25, 0.3) is 16.8 Å². The van der Waals surface area contributed by atoms with E-state index >= 15 is 0 Å². The molecule has 0 aromatic heterocycles. The highest BCUT2D eigenvalue weighted by molar-refractivity contribution is 8.18. The Kier molecular flexibility index (Phi) is 6.01. The molecule has 3 rings (SSSR count). The number of rotatable bonds is 6. The van der Waals surface area contributed by atoms with Crippen LogP contribution in [0.3, 0.4) is 0 Å². The Balaban J connectivity index is 1.69. The van der Waals surface area contributed by atoms with Gasteiger partial charge in [-0.25, -0.2) is 0 Å². The van der Waals surface area contributed by atoms with Crippen LogP contribution in [-0.2, 0) is 4.79 Å². The second kappa shape index (κ2) is 8.45. The summed E-state index contributed by atoms with van der Waals surface area (Å²) in [5.41, 5.74) is 0.961. The van der Waals surface area contributed by atoms with Gasteiger partial charge in [0.05, 0.1) is 21.4 Å². The standard InChI is InChI=1S/C19H15ClN2O5S/c1-12-6-7-13(10-15(12)22(25)26)11-17-18(23)21(19(24)28-17)8-9-27-16-5-3-2-4-14(16)20/h2-7,10-11H,8-9H2,1H3/b17-11-. The van der Waals surface area contributed by atoms with Crippen LogP contribution < -0.4 is 4.74 Å². The Morgan fingerprint density at radius 2 is 2.00 bits per heavy atom. The van der Waals surface area contributed by atoms with Gasteiger partial charge in [-0.2, -0.15) is 0 Å². The molecule has 2 aromatic carbocycles.